The smallest absolute Gasteiger partial charge is 0.223 e. The molecule has 20 heavy (non-hydrogen) atoms. The van der Waals surface area contributed by atoms with Gasteiger partial charge in [0.25, 0.3) is 0 Å². The van der Waals surface area contributed by atoms with E-state index >= 15 is 0 Å². The Bertz CT molecular complexity index is 430. The van der Waals surface area contributed by atoms with E-state index in [-0.39, 0.29) is 11.9 Å². The summed E-state index contributed by atoms with van der Waals surface area (Å²) < 4.78 is 0. The van der Waals surface area contributed by atoms with Crippen LogP contribution < -0.4 is 5.73 Å². The minimum Gasteiger partial charge on any atom is -0.338 e. The molecule has 1 aromatic carbocycles. The van der Waals surface area contributed by atoms with E-state index < -0.39 is 0 Å². The van der Waals surface area contributed by atoms with Gasteiger partial charge in [-0.3, -0.25) is 4.79 Å². The Morgan fingerprint density at radius 1 is 1.35 bits per heavy atom. The standard InChI is InChI=1S/C17H26N2O/c1-13(2)16(14-7-4-3-5-8-14)11-17(20)19-10-6-9-15(19)12-18/h3-5,7-8,13,15-16H,6,9-12,18H2,1-2H3. The monoisotopic (exact) mass is 274 g/mol. The van der Waals surface area contributed by atoms with Crippen molar-refractivity contribution < 1.29 is 4.79 Å². The first-order chi connectivity index (χ1) is 9.63. The highest BCUT2D eigenvalue weighted by atomic mass is 16.2. The normalized spacial score (nSPS) is 20.4. The number of nitrogens with two attached hydrogens (primary N) is 1. The molecule has 1 aromatic rings. The summed E-state index contributed by atoms with van der Waals surface area (Å²) in [5.41, 5.74) is 7.03. The second-order valence-corrected chi connectivity index (χ2v) is 6.08. The van der Waals surface area contributed by atoms with Crippen molar-refractivity contribution in [2.75, 3.05) is 13.1 Å². The molecular formula is C17H26N2O. The van der Waals surface area contributed by atoms with Crippen LogP contribution in [0.25, 0.3) is 0 Å². The van der Waals surface area contributed by atoms with Crippen molar-refractivity contribution in [2.24, 2.45) is 11.7 Å². The van der Waals surface area contributed by atoms with E-state index in [2.05, 4.69) is 26.0 Å². The molecule has 0 spiro atoms. The van der Waals surface area contributed by atoms with E-state index in [0.29, 0.717) is 24.8 Å². The van der Waals surface area contributed by atoms with Gasteiger partial charge >= 0.3 is 0 Å². The van der Waals surface area contributed by atoms with Gasteiger partial charge in [0.1, 0.15) is 0 Å². The van der Waals surface area contributed by atoms with Crippen molar-refractivity contribution >= 4 is 5.91 Å². The summed E-state index contributed by atoms with van der Waals surface area (Å²) in [6, 6.07) is 10.6. The maximum atomic E-state index is 12.6. The second kappa shape index (κ2) is 6.89. The van der Waals surface area contributed by atoms with E-state index in [9.17, 15) is 4.79 Å². The molecule has 3 heteroatoms. The fraction of sp³-hybridized carbons (Fsp3) is 0.588. The molecule has 0 saturated carbocycles. The molecule has 2 atom stereocenters. The zero-order valence-electron chi connectivity index (χ0n) is 12.6. The maximum Gasteiger partial charge on any atom is 0.223 e. The number of nitrogens with zero attached hydrogens (tertiary/aromatic N) is 1. The van der Waals surface area contributed by atoms with Crippen LogP contribution in [-0.2, 0) is 4.79 Å². The fourth-order valence-electron chi connectivity index (χ4n) is 3.15. The summed E-state index contributed by atoms with van der Waals surface area (Å²) >= 11 is 0. The van der Waals surface area contributed by atoms with Crippen molar-refractivity contribution in [2.45, 2.75) is 45.1 Å². The van der Waals surface area contributed by atoms with Gasteiger partial charge in [0.2, 0.25) is 5.91 Å². The second-order valence-electron chi connectivity index (χ2n) is 6.08. The van der Waals surface area contributed by atoms with E-state index in [1.165, 1.54) is 5.56 Å². The number of carbonyl (C=O) groups excluding carboxylic acids is 1. The van der Waals surface area contributed by atoms with Gasteiger partial charge in [-0.2, -0.15) is 0 Å². The average molecular weight is 274 g/mol. The number of carbonyl (C=O) groups is 1. The minimum absolute atomic E-state index is 0.256. The quantitative estimate of drug-likeness (QED) is 0.897. The van der Waals surface area contributed by atoms with Crippen LogP contribution in [0.5, 0.6) is 0 Å². The molecule has 0 aromatic heterocycles. The molecule has 2 rings (SSSR count). The third-order valence-electron chi connectivity index (χ3n) is 4.40. The SMILES string of the molecule is CC(C)C(CC(=O)N1CCCC1CN)c1ccccc1. The van der Waals surface area contributed by atoms with E-state index in [1.807, 2.05) is 23.1 Å². The van der Waals surface area contributed by atoms with Crippen molar-refractivity contribution in [1.82, 2.24) is 4.90 Å². The molecule has 1 heterocycles. The number of rotatable bonds is 5. The summed E-state index contributed by atoms with van der Waals surface area (Å²) in [5, 5.41) is 0. The lowest BCUT2D eigenvalue weighted by Crippen LogP contribution is -2.40. The van der Waals surface area contributed by atoms with Gasteiger partial charge in [-0.15, -0.1) is 0 Å². The molecular weight excluding hydrogens is 248 g/mol. The summed E-state index contributed by atoms with van der Waals surface area (Å²) in [7, 11) is 0. The number of amides is 1. The van der Waals surface area contributed by atoms with Gasteiger partial charge in [0.15, 0.2) is 0 Å². The predicted octanol–water partition coefficient (Wildman–Crippen LogP) is 2.77. The number of hydrogen-bond donors (Lipinski definition) is 1. The molecule has 1 fully saturated rings. The van der Waals surface area contributed by atoms with Crippen LogP contribution in [0.3, 0.4) is 0 Å². The highest BCUT2D eigenvalue weighted by molar-refractivity contribution is 5.77. The molecule has 2 N–H and O–H groups in total. The molecule has 1 amide bonds. The fourth-order valence-corrected chi connectivity index (χ4v) is 3.15. The van der Waals surface area contributed by atoms with Crippen molar-refractivity contribution in [3.8, 4) is 0 Å². The van der Waals surface area contributed by atoms with Crippen LogP contribution in [0, 0.1) is 5.92 Å². The van der Waals surface area contributed by atoms with Crippen LogP contribution in [0.2, 0.25) is 0 Å². The van der Waals surface area contributed by atoms with Crippen molar-refractivity contribution in [1.29, 1.82) is 0 Å². The Balaban J connectivity index is 2.07. The first-order valence-corrected chi connectivity index (χ1v) is 7.68. The van der Waals surface area contributed by atoms with Gasteiger partial charge in [-0.1, -0.05) is 44.2 Å². The predicted molar refractivity (Wildman–Crippen MR) is 82.4 cm³/mol. The Morgan fingerprint density at radius 3 is 2.65 bits per heavy atom. The largest absolute Gasteiger partial charge is 0.338 e. The average Bonchev–Trinajstić information content (AvgIpc) is 2.93. The first kappa shape index (κ1) is 15.0. The van der Waals surface area contributed by atoms with Crippen molar-refractivity contribution in [3.05, 3.63) is 35.9 Å². The molecule has 2 unspecified atom stereocenters. The van der Waals surface area contributed by atoms with Gasteiger partial charge in [-0.25, -0.2) is 0 Å². The Kier molecular flexibility index (Phi) is 5.18. The summed E-state index contributed by atoms with van der Waals surface area (Å²) in [5.74, 6) is 1.02. The third-order valence-corrected chi connectivity index (χ3v) is 4.40. The molecule has 0 bridgehead atoms. The zero-order chi connectivity index (χ0) is 14.5. The lowest BCUT2D eigenvalue weighted by molar-refractivity contribution is -0.132. The minimum atomic E-state index is 0.256. The van der Waals surface area contributed by atoms with E-state index in [0.717, 1.165) is 19.4 Å². The van der Waals surface area contributed by atoms with Gasteiger partial charge < -0.3 is 10.6 Å². The van der Waals surface area contributed by atoms with Crippen molar-refractivity contribution in [3.63, 3.8) is 0 Å². The molecule has 110 valence electrons. The summed E-state index contributed by atoms with van der Waals surface area (Å²) in [6.45, 7) is 5.84. The third kappa shape index (κ3) is 3.40. The van der Waals surface area contributed by atoms with Crippen LogP contribution in [-0.4, -0.2) is 29.9 Å². The Hall–Kier alpha value is -1.35. The number of benzene rings is 1. The Morgan fingerprint density at radius 2 is 2.05 bits per heavy atom. The van der Waals surface area contributed by atoms with E-state index in [4.69, 9.17) is 5.73 Å². The highest BCUT2D eigenvalue weighted by Gasteiger charge is 2.30. The summed E-state index contributed by atoms with van der Waals surface area (Å²) in [4.78, 5) is 14.6. The summed E-state index contributed by atoms with van der Waals surface area (Å²) in [6.07, 6.45) is 2.74. The van der Waals surface area contributed by atoms with Gasteiger partial charge in [0.05, 0.1) is 0 Å². The van der Waals surface area contributed by atoms with Gasteiger partial charge in [0, 0.05) is 25.6 Å². The zero-order valence-corrected chi connectivity index (χ0v) is 12.6. The number of likely N-dealkylation sites (tertiary alicyclic amines) is 1. The molecule has 1 saturated heterocycles. The van der Waals surface area contributed by atoms with Gasteiger partial charge in [-0.05, 0) is 30.2 Å². The van der Waals surface area contributed by atoms with Crippen LogP contribution in [0.15, 0.2) is 30.3 Å². The molecule has 0 aliphatic carbocycles. The first-order valence-electron chi connectivity index (χ1n) is 7.68. The lowest BCUT2D eigenvalue weighted by Gasteiger charge is -2.27. The van der Waals surface area contributed by atoms with Crippen LogP contribution in [0.1, 0.15) is 44.6 Å². The Labute approximate surface area is 122 Å². The molecule has 0 radical (unpaired) electrons. The van der Waals surface area contributed by atoms with Crippen LogP contribution in [0.4, 0.5) is 0 Å². The maximum absolute atomic E-state index is 12.6. The van der Waals surface area contributed by atoms with Crippen LogP contribution >= 0.6 is 0 Å². The number of hydrogen-bond acceptors (Lipinski definition) is 2. The highest BCUT2D eigenvalue weighted by Crippen LogP contribution is 2.29. The van der Waals surface area contributed by atoms with E-state index in [1.54, 1.807) is 0 Å². The topological polar surface area (TPSA) is 46.3 Å². The molecule has 1 aliphatic heterocycles. The lowest BCUT2D eigenvalue weighted by atomic mass is 9.85. The molecule has 1 aliphatic rings. The molecule has 3 nitrogen and oxygen atoms in total.